The summed E-state index contributed by atoms with van der Waals surface area (Å²) in [5.74, 6) is 0.916. The van der Waals surface area contributed by atoms with Crippen LogP contribution in [0.2, 0.25) is 0 Å². The van der Waals surface area contributed by atoms with Crippen molar-refractivity contribution in [1.29, 1.82) is 0 Å². The van der Waals surface area contributed by atoms with Crippen molar-refractivity contribution in [3.8, 4) is 0 Å². The van der Waals surface area contributed by atoms with Crippen LogP contribution in [0.5, 0.6) is 0 Å². The largest absolute Gasteiger partial charge is 0.330 e. The Hall–Kier alpha value is -0.930. The smallest absolute Gasteiger partial charge is 0.123 e. The van der Waals surface area contributed by atoms with Gasteiger partial charge in [-0.3, -0.25) is 0 Å². The Labute approximate surface area is 109 Å². The molecular weight excluding hydrogens is 227 g/mol. The van der Waals surface area contributed by atoms with Crippen LogP contribution in [-0.4, -0.2) is 31.1 Å². The lowest BCUT2D eigenvalue weighted by Crippen LogP contribution is -2.37. The average Bonchev–Trinajstić information content (AvgIpc) is 2.38. The molecule has 1 aliphatic heterocycles. The quantitative estimate of drug-likeness (QED) is 0.890. The summed E-state index contributed by atoms with van der Waals surface area (Å²) in [6.45, 7) is 6.13. The number of piperidine rings is 1. The first kappa shape index (κ1) is 13.5. The highest BCUT2D eigenvalue weighted by atomic mass is 19.1. The van der Waals surface area contributed by atoms with Crippen molar-refractivity contribution < 1.29 is 4.39 Å². The molecule has 3 heteroatoms. The third-order valence-electron chi connectivity index (χ3n) is 3.96. The average molecular weight is 250 g/mol. The Kier molecular flexibility index (Phi) is 4.72. The molecular formula is C15H23FN2. The second-order valence-electron chi connectivity index (χ2n) is 5.47. The number of halogens is 1. The van der Waals surface area contributed by atoms with Crippen molar-refractivity contribution in [3.63, 3.8) is 0 Å². The minimum atomic E-state index is -0.168. The molecule has 1 aromatic rings. The van der Waals surface area contributed by atoms with Crippen molar-refractivity contribution in [1.82, 2.24) is 4.90 Å². The fourth-order valence-electron chi connectivity index (χ4n) is 2.63. The summed E-state index contributed by atoms with van der Waals surface area (Å²) in [4.78, 5) is 2.46. The SMILES string of the molecule is CC1CCN(CC(CN)c2cccc(F)c2)CC1. The van der Waals surface area contributed by atoms with Crippen LogP contribution in [0.3, 0.4) is 0 Å². The molecule has 0 amide bonds. The van der Waals surface area contributed by atoms with Crippen LogP contribution in [0.25, 0.3) is 0 Å². The maximum atomic E-state index is 13.2. The maximum absolute atomic E-state index is 13.2. The second-order valence-corrected chi connectivity index (χ2v) is 5.47. The highest BCUT2D eigenvalue weighted by Crippen LogP contribution is 2.21. The Morgan fingerprint density at radius 3 is 2.72 bits per heavy atom. The highest BCUT2D eigenvalue weighted by Gasteiger charge is 2.19. The molecule has 1 unspecified atom stereocenters. The van der Waals surface area contributed by atoms with E-state index in [0.717, 1.165) is 31.1 Å². The highest BCUT2D eigenvalue weighted by molar-refractivity contribution is 5.21. The van der Waals surface area contributed by atoms with E-state index in [1.807, 2.05) is 6.07 Å². The number of benzene rings is 1. The molecule has 2 rings (SSSR count). The van der Waals surface area contributed by atoms with Crippen LogP contribution < -0.4 is 5.73 Å². The van der Waals surface area contributed by atoms with Crippen LogP contribution in [0.15, 0.2) is 24.3 Å². The first-order chi connectivity index (χ1) is 8.69. The predicted molar refractivity (Wildman–Crippen MR) is 73.0 cm³/mol. The van der Waals surface area contributed by atoms with Gasteiger partial charge in [0.25, 0.3) is 0 Å². The first-order valence-corrected chi connectivity index (χ1v) is 6.87. The molecule has 2 nitrogen and oxygen atoms in total. The molecule has 1 atom stereocenters. The standard InChI is InChI=1S/C15H23FN2/c1-12-5-7-18(8-6-12)11-14(10-17)13-3-2-4-15(16)9-13/h2-4,9,12,14H,5-8,10-11,17H2,1H3. The van der Waals surface area contributed by atoms with Gasteiger partial charge < -0.3 is 10.6 Å². The van der Waals surface area contributed by atoms with E-state index in [-0.39, 0.29) is 11.7 Å². The molecule has 0 aliphatic carbocycles. The lowest BCUT2D eigenvalue weighted by molar-refractivity contribution is 0.183. The molecule has 0 bridgehead atoms. The van der Waals surface area contributed by atoms with Crippen LogP contribution >= 0.6 is 0 Å². The molecule has 1 fully saturated rings. The summed E-state index contributed by atoms with van der Waals surface area (Å²) < 4.78 is 13.2. The second kappa shape index (κ2) is 6.30. The Morgan fingerprint density at radius 1 is 1.39 bits per heavy atom. The summed E-state index contributed by atoms with van der Waals surface area (Å²) in [7, 11) is 0. The zero-order valence-electron chi connectivity index (χ0n) is 11.1. The molecule has 0 spiro atoms. The Morgan fingerprint density at radius 2 is 2.11 bits per heavy atom. The van der Waals surface area contributed by atoms with E-state index in [9.17, 15) is 4.39 Å². The zero-order chi connectivity index (χ0) is 13.0. The van der Waals surface area contributed by atoms with E-state index < -0.39 is 0 Å². The fraction of sp³-hybridized carbons (Fsp3) is 0.600. The summed E-state index contributed by atoms with van der Waals surface area (Å²) in [5.41, 5.74) is 6.87. The van der Waals surface area contributed by atoms with Crippen molar-refractivity contribution >= 4 is 0 Å². The lowest BCUT2D eigenvalue weighted by atomic mass is 9.95. The number of rotatable bonds is 4. The Balaban J connectivity index is 1.97. The van der Waals surface area contributed by atoms with Gasteiger partial charge in [-0.2, -0.15) is 0 Å². The third-order valence-corrected chi connectivity index (χ3v) is 3.96. The summed E-state index contributed by atoms with van der Waals surface area (Å²) in [6.07, 6.45) is 2.53. The minimum absolute atomic E-state index is 0.168. The number of hydrogen-bond acceptors (Lipinski definition) is 2. The van der Waals surface area contributed by atoms with Gasteiger partial charge in [-0.1, -0.05) is 19.1 Å². The van der Waals surface area contributed by atoms with Crippen LogP contribution in [-0.2, 0) is 0 Å². The van der Waals surface area contributed by atoms with Gasteiger partial charge in [0.1, 0.15) is 5.82 Å². The van der Waals surface area contributed by atoms with Crippen molar-refractivity contribution in [3.05, 3.63) is 35.6 Å². The fourth-order valence-corrected chi connectivity index (χ4v) is 2.63. The van der Waals surface area contributed by atoms with Crippen LogP contribution in [0.1, 0.15) is 31.2 Å². The van der Waals surface area contributed by atoms with E-state index in [1.54, 1.807) is 12.1 Å². The number of likely N-dealkylation sites (tertiary alicyclic amines) is 1. The monoisotopic (exact) mass is 250 g/mol. The lowest BCUT2D eigenvalue weighted by Gasteiger charge is -2.32. The number of hydrogen-bond donors (Lipinski definition) is 1. The van der Waals surface area contributed by atoms with Crippen LogP contribution in [0.4, 0.5) is 4.39 Å². The molecule has 100 valence electrons. The molecule has 1 heterocycles. The van der Waals surface area contributed by atoms with E-state index in [2.05, 4.69) is 11.8 Å². The summed E-state index contributed by atoms with van der Waals surface area (Å²) in [5, 5.41) is 0. The number of nitrogens with zero attached hydrogens (tertiary/aromatic N) is 1. The van der Waals surface area contributed by atoms with E-state index in [0.29, 0.717) is 6.54 Å². The molecule has 0 aromatic heterocycles. The van der Waals surface area contributed by atoms with Gasteiger partial charge in [-0.15, -0.1) is 0 Å². The summed E-state index contributed by atoms with van der Waals surface area (Å²) in [6, 6.07) is 6.85. The first-order valence-electron chi connectivity index (χ1n) is 6.87. The molecule has 1 aliphatic rings. The topological polar surface area (TPSA) is 29.3 Å². The predicted octanol–water partition coefficient (Wildman–Crippen LogP) is 2.60. The zero-order valence-corrected chi connectivity index (χ0v) is 11.1. The van der Waals surface area contributed by atoms with Crippen LogP contribution in [0, 0.1) is 11.7 Å². The van der Waals surface area contributed by atoms with Gasteiger partial charge in [0.15, 0.2) is 0 Å². The van der Waals surface area contributed by atoms with Crippen molar-refractivity contribution in [2.75, 3.05) is 26.2 Å². The maximum Gasteiger partial charge on any atom is 0.123 e. The van der Waals surface area contributed by atoms with E-state index in [1.165, 1.54) is 18.9 Å². The molecule has 18 heavy (non-hydrogen) atoms. The van der Waals surface area contributed by atoms with Crippen molar-refractivity contribution in [2.45, 2.75) is 25.7 Å². The van der Waals surface area contributed by atoms with Crippen molar-refractivity contribution in [2.24, 2.45) is 11.7 Å². The van der Waals surface area contributed by atoms with Gasteiger partial charge >= 0.3 is 0 Å². The van der Waals surface area contributed by atoms with E-state index >= 15 is 0 Å². The molecule has 1 aromatic carbocycles. The number of nitrogens with two attached hydrogens (primary N) is 1. The third kappa shape index (κ3) is 3.53. The van der Waals surface area contributed by atoms with E-state index in [4.69, 9.17) is 5.73 Å². The molecule has 0 radical (unpaired) electrons. The summed E-state index contributed by atoms with van der Waals surface area (Å²) >= 11 is 0. The van der Waals surface area contributed by atoms with Gasteiger partial charge in [0.2, 0.25) is 0 Å². The van der Waals surface area contributed by atoms with Gasteiger partial charge in [0, 0.05) is 19.0 Å². The van der Waals surface area contributed by atoms with Gasteiger partial charge in [0.05, 0.1) is 0 Å². The molecule has 0 saturated carbocycles. The molecule has 1 saturated heterocycles. The van der Waals surface area contributed by atoms with Gasteiger partial charge in [-0.05, 0) is 49.5 Å². The normalized spacial score (nSPS) is 19.9. The van der Waals surface area contributed by atoms with Gasteiger partial charge in [-0.25, -0.2) is 4.39 Å². The molecule has 2 N–H and O–H groups in total. The Bertz CT molecular complexity index is 373. The minimum Gasteiger partial charge on any atom is -0.330 e.